The predicted molar refractivity (Wildman–Crippen MR) is 52.6 cm³/mol. The molecule has 0 amide bonds. The van der Waals surface area contributed by atoms with Gasteiger partial charge in [0.15, 0.2) is 0 Å². The van der Waals surface area contributed by atoms with E-state index in [1.807, 2.05) is 18.2 Å². The minimum Gasteiger partial charge on any atom is -0.299 e. The molecule has 0 spiro atoms. The number of carbonyl (C=O) groups excluding carboxylic acids is 1. The summed E-state index contributed by atoms with van der Waals surface area (Å²) in [5.74, 6) is 0.785. The van der Waals surface area contributed by atoms with Crippen LogP contribution in [0.3, 0.4) is 0 Å². The van der Waals surface area contributed by atoms with Gasteiger partial charge in [0.25, 0.3) is 0 Å². The smallest absolute Gasteiger partial charge is 0.136 e. The van der Waals surface area contributed by atoms with E-state index in [1.165, 1.54) is 5.56 Å². The number of Topliss-reactive ketones (excluding diaryl/α,β-unsaturated/α-hetero) is 1. The summed E-state index contributed by atoms with van der Waals surface area (Å²) in [6.45, 7) is 3.76. The lowest BCUT2D eigenvalue weighted by atomic mass is 9.98. The minimum absolute atomic E-state index is 0.0681. The molecule has 0 bridgehead atoms. The van der Waals surface area contributed by atoms with Crippen molar-refractivity contribution in [2.75, 3.05) is 0 Å². The molecule has 1 aliphatic carbocycles. The van der Waals surface area contributed by atoms with Gasteiger partial charge in [0, 0.05) is 5.41 Å². The Morgan fingerprint density at radius 3 is 2.46 bits per heavy atom. The van der Waals surface area contributed by atoms with Crippen LogP contribution in [-0.4, -0.2) is 5.78 Å². The highest BCUT2D eigenvalue weighted by Crippen LogP contribution is 2.59. The van der Waals surface area contributed by atoms with Crippen LogP contribution >= 0.6 is 0 Å². The summed E-state index contributed by atoms with van der Waals surface area (Å²) in [7, 11) is 0. The van der Waals surface area contributed by atoms with Crippen molar-refractivity contribution >= 4 is 5.78 Å². The first-order valence-corrected chi connectivity index (χ1v) is 4.70. The van der Waals surface area contributed by atoms with Crippen LogP contribution in [0.4, 0.5) is 0 Å². The SMILES string of the molecule is CC(=O)C1(C)CC1c1ccccc1. The first kappa shape index (κ1) is 8.49. The van der Waals surface area contributed by atoms with E-state index in [1.54, 1.807) is 6.92 Å². The number of ketones is 1. The lowest BCUT2D eigenvalue weighted by Crippen LogP contribution is -2.08. The van der Waals surface area contributed by atoms with Crippen LogP contribution < -0.4 is 0 Å². The number of rotatable bonds is 2. The molecule has 1 aromatic rings. The van der Waals surface area contributed by atoms with Crippen molar-refractivity contribution < 1.29 is 4.79 Å². The Labute approximate surface area is 78.8 Å². The van der Waals surface area contributed by atoms with Crippen molar-refractivity contribution in [3.8, 4) is 0 Å². The van der Waals surface area contributed by atoms with Crippen LogP contribution in [0.15, 0.2) is 30.3 Å². The van der Waals surface area contributed by atoms with Crippen molar-refractivity contribution in [2.45, 2.75) is 26.2 Å². The maximum absolute atomic E-state index is 11.3. The van der Waals surface area contributed by atoms with Crippen molar-refractivity contribution in [3.05, 3.63) is 35.9 Å². The predicted octanol–water partition coefficient (Wildman–Crippen LogP) is 2.77. The summed E-state index contributed by atoms with van der Waals surface area (Å²) >= 11 is 0. The van der Waals surface area contributed by atoms with Gasteiger partial charge >= 0.3 is 0 Å². The first-order valence-electron chi connectivity index (χ1n) is 4.70. The van der Waals surface area contributed by atoms with E-state index in [9.17, 15) is 4.79 Å². The van der Waals surface area contributed by atoms with Gasteiger partial charge in [0.05, 0.1) is 0 Å². The molecule has 1 fully saturated rings. The van der Waals surface area contributed by atoms with E-state index in [0.717, 1.165) is 6.42 Å². The van der Waals surface area contributed by atoms with Gasteiger partial charge in [-0.2, -0.15) is 0 Å². The Kier molecular flexibility index (Phi) is 1.76. The van der Waals surface area contributed by atoms with E-state index in [0.29, 0.717) is 11.7 Å². The van der Waals surface area contributed by atoms with Gasteiger partial charge in [-0.3, -0.25) is 4.79 Å². The topological polar surface area (TPSA) is 17.1 Å². The largest absolute Gasteiger partial charge is 0.299 e. The second-order valence-corrected chi connectivity index (χ2v) is 4.14. The molecule has 1 aromatic carbocycles. The first-order chi connectivity index (χ1) is 6.14. The summed E-state index contributed by atoms with van der Waals surface area (Å²) in [4.78, 5) is 11.3. The summed E-state index contributed by atoms with van der Waals surface area (Å²) in [6.07, 6.45) is 1.02. The summed E-state index contributed by atoms with van der Waals surface area (Å²) < 4.78 is 0. The molecule has 13 heavy (non-hydrogen) atoms. The van der Waals surface area contributed by atoms with Crippen LogP contribution in [0.25, 0.3) is 0 Å². The number of hydrogen-bond acceptors (Lipinski definition) is 1. The van der Waals surface area contributed by atoms with Crippen molar-refractivity contribution in [2.24, 2.45) is 5.41 Å². The van der Waals surface area contributed by atoms with E-state index in [-0.39, 0.29) is 5.41 Å². The summed E-state index contributed by atoms with van der Waals surface area (Å²) in [5.41, 5.74) is 1.24. The molecule has 0 heterocycles. The molecule has 1 heteroatoms. The number of carbonyl (C=O) groups is 1. The fourth-order valence-electron chi connectivity index (χ4n) is 1.93. The van der Waals surface area contributed by atoms with Gasteiger partial charge in [0.1, 0.15) is 5.78 Å². The molecular formula is C12H14O. The fraction of sp³-hybridized carbons (Fsp3) is 0.417. The van der Waals surface area contributed by atoms with E-state index in [2.05, 4.69) is 19.1 Å². The van der Waals surface area contributed by atoms with Gasteiger partial charge < -0.3 is 0 Å². The number of benzene rings is 1. The Morgan fingerprint density at radius 2 is 2.00 bits per heavy atom. The van der Waals surface area contributed by atoms with Crippen molar-refractivity contribution in [1.29, 1.82) is 0 Å². The van der Waals surface area contributed by atoms with Crippen LogP contribution in [0.2, 0.25) is 0 Å². The molecule has 1 aliphatic rings. The molecule has 0 aromatic heterocycles. The molecule has 68 valence electrons. The number of hydrogen-bond donors (Lipinski definition) is 0. The molecule has 1 saturated carbocycles. The quantitative estimate of drug-likeness (QED) is 0.673. The van der Waals surface area contributed by atoms with Gasteiger partial charge in [-0.25, -0.2) is 0 Å². The van der Waals surface area contributed by atoms with Crippen LogP contribution in [0, 0.1) is 5.41 Å². The second kappa shape index (κ2) is 2.69. The zero-order chi connectivity index (χ0) is 9.47. The molecule has 0 radical (unpaired) electrons. The van der Waals surface area contributed by atoms with Gasteiger partial charge in [-0.05, 0) is 24.8 Å². The lowest BCUT2D eigenvalue weighted by Gasteiger charge is -2.05. The maximum Gasteiger partial charge on any atom is 0.136 e. The maximum atomic E-state index is 11.3. The zero-order valence-corrected chi connectivity index (χ0v) is 8.08. The fourth-order valence-corrected chi connectivity index (χ4v) is 1.93. The third-order valence-corrected chi connectivity index (χ3v) is 3.24. The van der Waals surface area contributed by atoms with E-state index in [4.69, 9.17) is 0 Å². The third-order valence-electron chi connectivity index (χ3n) is 3.24. The van der Waals surface area contributed by atoms with Gasteiger partial charge in [0.2, 0.25) is 0 Å². The molecule has 0 N–H and O–H groups in total. The van der Waals surface area contributed by atoms with Crippen molar-refractivity contribution in [3.63, 3.8) is 0 Å². The molecular weight excluding hydrogens is 160 g/mol. The molecule has 0 aliphatic heterocycles. The molecule has 0 saturated heterocycles. The molecule has 2 rings (SSSR count). The van der Waals surface area contributed by atoms with Crippen LogP contribution in [-0.2, 0) is 4.79 Å². The third kappa shape index (κ3) is 1.28. The zero-order valence-electron chi connectivity index (χ0n) is 8.08. The molecule has 1 nitrogen and oxygen atoms in total. The summed E-state index contributed by atoms with van der Waals surface area (Å²) in [5, 5.41) is 0. The van der Waals surface area contributed by atoms with E-state index >= 15 is 0 Å². The van der Waals surface area contributed by atoms with E-state index < -0.39 is 0 Å². The highest BCUT2D eigenvalue weighted by molar-refractivity contribution is 5.86. The molecule has 2 atom stereocenters. The van der Waals surface area contributed by atoms with Crippen LogP contribution in [0.5, 0.6) is 0 Å². The average Bonchev–Trinajstić information content (AvgIpc) is 2.81. The summed E-state index contributed by atoms with van der Waals surface area (Å²) in [6, 6.07) is 10.3. The average molecular weight is 174 g/mol. The Balaban J connectivity index is 2.21. The van der Waals surface area contributed by atoms with Crippen molar-refractivity contribution in [1.82, 2.24) is 0 Å². The Hall–Kier alpha value is -1.11. The Morgan fingerprint density at radius 1 is 1.38 bits per heavy atom. The normalized spacial score (nSPS) is 31.4. The Bertz CT molecular complexity index is 328. The monoisotopic (exact) mass is 174 g/mol. The second-order valence-electron chi connectivity index (χ2n) is 4.14. The minimum atomic E-state index is -0.0681. The highest BCUT2D eigenvalue weighted by atomic mass is 16.1. The standard InChI is InChI=1S/C12H14O/c1-9(13)12(2)8-11(12)10-6-4-3-5-7-10/h3-7,11H,8H2,1-2H3. The van der Waals surface area contributed by atoms with Crippen LogP contribution in [0.1, 0.15) is 31.7 Å². The molecule has 2 unspecified atom stereocenters. The lowest BCUT2D eigenvalue weighted by molar-refractivity contribution is -0.121. The highest BCUT2D eigenvalue weighted by Gasteiger charge is 2.54. The van der Waals surface area contributed by atoms with Gasteiger partial charge in [-0.15, -0.1) is 0 Å². The van der Waals surface area contributed by atoms with Gasteiger partial charge in [-0.1, -0.05) is 37.3 Å².